The number of ether oxygens (including phenoxy) is 2. The molecule has 36 heavy (non-hydrogen) atoms. The molecule has 1 aromatic rings. The molecule has 1 aromatic carbocycles. The molecule has 196 valence electrons. The number of carbonyl (C=O) groups is 4. The largest absolute Gasteiger partial charge is 0.490 e. The van der Waals surface area contributed by atoms with Crippen molar-refractivity contribution >= 4 is 29.7 Å². The molecule has 0 radical (unpaired) electrons. The van der Waals surface area contributed by atoms with Crippen molar-refractivity contribution in [1.82, 2.24) is 16.0 Å². The van der Waals surface area contributed by atoms with E-state index in [4.69, 9.17) is 20.9 Å². The normalized spacial score (nSPS) is 21.7. The van der Waals surface area contributed by atoms with E-state index in [-0.39, 0.29) is 38.4 Å². The third-order valence-corrected chi connectivity index (χ3v) is 5.32. The fraction of sp³-hybridized carbons (Fsp3) is 0.458. The van der Waals surface area contributed by atoms with E-state index in [2.05, 4.69) is 20.9 Å². The number of fused-ring (bicyclic) bond motifs is 13. The first kappa shape index (κ1) is 28.1. The Bertz CT molecular complexity index is 974. The zero-order valence-electron chi connectivity index (χ0n) is 20.5. The van der Waals surface area contributed by atoms with Crippen LogP contribution in [0.25, 0.3) is 0 Å². The lowest BCUT2D eigenvalue weighted by atomic mass is 10.0. The van der Waals surface area contributed by atoms with Crippen LogP contribution in [0.5, 0.6) is 5.75 Å². The van der Waals surface area contributed by atoms with Gasteiger partial charge in [0, 0.05) is 19.9 Å². The predicted molar refractivity (Wildman–Crippen MR) is 133 cm³/mol. The molecule has 0 aromatic heterocycles. The number of aliphatic imine (C=N–C) groups is 1. The van der Waals surface area contributed by atoms with Gasteiger partial charge in [-0.05, 0) is 37.0 Å². The van der Waals surface area contributed by atoms with Gasteiger partial charge in [0.2, 0.25) is 17.7 Å². The minimum atomic E-state index is -1.01. The third kappa shape index (κ3) is 9.65. The van der Waals surface area contributed by atoms with E-state index >= 15 is 0 Å². The second kappa shape index (κ2) is 14.3. The van der Waals surface area contributed by atoms with Crippen molar-refractivity contribution in [2.75, 3.05) is 20.3 Å². The first-order valence-electron chi connectivity index (χ1n) is 11.6. The van der Waals surface area contributed by atoms with Gasteiger partial charge in [0.05, 0.1) is 7.11 Å². The van der Waals surface area contributed by atoms with Gasteiger partial charge in [-0.15, -0.1) is 0 Å². The van der Waals surface area contributed by atoms with Crippen LogP contribution in [0.1, 0.15) is 31.7 Å². The Morgan fingerprint density at radius 1 is 1.14 bits per heavy atom. The van der Waals surface area contributed by atoms with Crippen molar-refractivity contribution in [3.63, 3.8) is 0 Å². The number of rotatable bonds is 6. The number of hydrogen-bond acceptors (Lipinski definition) is 7. The van der Waals surface area contributed by atoms with E-state index in [1.54, 1.807) is 36.4 Å². The lowest BCUT2D eigenvalue weighted by Crippen LogP contribution is -2.56. The van der Waals surface area contributed by atoms with Crippen molar-refractivity contribution in [2.24, 2.45) is 16.5 Å². The molecule has 0 saturated heterocycles. The van der Waals surface area contributed by atoms with E-state index < -0.39 is 41.8 Å². The molecular formula is C24H34N6O6. The number of carbonyl (C=O) groups excluding carboxylic acids is 4. The van der Waals surface area contributed by atoms with Crippen LogP contribution in [0.4, 0.5) is 0 Å². The summed E-state index contributed by atoms with van der Waals surface area (Å²) in [5, 5.41) is 7.97. The average molecular weight is 503 g/mol. The number of methoxy groups -OCH3 is 1. The lowest BCUT2D eigenvalue weighted by molar-refractivity contribution is -0.145. The number of hydrogen-bond donors (Lipinski definition) is 5. The Morgan fingerprint density at radius 3 is 2.50 bits per heavy atom. The summed E-state index contributed by atoms with van der Waals surface area (Å²) in [5.74, 6) is -1.63. The SMILES string of the molecule is COC(=O)[C@@H]1C/C=C\COc2ccc(cc2)C[C@H](NC(C)=O)C(=O)N[C@H](CCCN=C(N)N)C(=O)N1. The predicted octanol–water partition coefficient (Wildman–Crippen LogP) is -0.731. The van der Waals surface area contributed by atoms with Crippen LogP contribution in [0.2, 0.25) is 0 Å². The van der Waals surface area contributed by atoms with E-state index in [0.29, 0.717) is 12.2 Å². The van der Waals surface area contributed by atoms with Crippen LogP contribution in [0, 0.1) is 0 Å². The number of amides is 3. The van der Waals surface area contributed by atoms with Crippen LogP contribution in [0.3, 0.4) is 0 Å². The summed E-state index contributed by atoms with van der Waals surface area (Å²) < 4.78 is 10.5. The second-order valence-corrected chi connectivity index (χ2v) is 8.21. The summed E-state index contributed by atoms with van der Waals surface area (Å²) >= 11 is 0. The van der Waals surface area contributed by atoms with E-state index in [1.807, 2.05) is 0 Å². The highest BCUT2D eigenvalue weighted by molar-refractivity contribution is 5.93. The maximum Gasteiger partial charge on any atom is 0.328 e. The molecule has 3 amide bonds. The maximum absolute atomic E-state index is 13.2. The Hall–Kier alpha value is -4.09. The molecule has 2 aliphatic rings. The molecule has 12 nitrogen and oxygen atoms in total. The molecule has 0 unspecified atom stereocenters. The van der Waals surface area contributed by atoms with E-state index in [9.17, 15) is 19.2 Å². The topological polar surface area (TPSA) is 187 Å². The molecule has 0 fully saturated rings. The number of nitrogens with two attached hydrogens (primary N) is 2. The molecule has 0 aliphatic carbocycles. The zero-order chi connectivity index (χ0) is 26.5. The number of nitrogens with one attached hydrogen (secondary N) is 3. The Balaban J connectivity index is 2.34. The van der Waals surface area contributed by atoms with Crippen molar-refractivity contribution in [1.29, 1.82) is 0 Å². The average Bonchev–Trinajstić information content (AvgIpc) is 2.84. The van der Waals surface area contributed by atoms with Crippen LogP contribution in [0.15, 0.2) is 41.4 Å². The maximum atomic E-state index is 13.2. The summed E-state index contributed by atoms with van der Waals surface area (Å²) in [6.07, 6.45) is 4.35. The van der Waals surface area contributed by atoms with Crippen molar-refractivity contribution in [3.05, 3.63) is 42.0 Å². The number of guanidine groups is 1. The summed E-state index contributed by atoms with van der Waals surface area (Å²) in [6.45, 7) is 1.80. The van der Waals surface area contributed by atoms with Gasteiger partial charge < -0.3 is 36.9 Å². The first-order chi connectivity index (χ1) is 17.2. The van der Waals surface area contributed by atoms with Gasteiger partial charge in [-0.2, -0.15) is 0 Å². The summed E-state index contributed by atoms with van der Waals surface area (Å²) in [5.41, 5.74) is 11.5. The molecule has 0 saturated carbocycles. The van der Waals surface area contributed by atoms with Crippen molar-refractivity contribution in [2.45, 2.75) is 50.7 Å². The zero-order valence-corrected chi connectivity index (χ0v) is 20.5. The van der Waals surface area contributed by atoms with E-state index in [0.717, 1.165) is 5.56 Å². The molecule has 12 heteroatoms. The van der Waals surface area contributed by atoms with Crippen molar-refractivity contribution < 1.29 is 28.7 Å². The Morgan fingerprint density at radius 2 is 1.86 bits per heavy atom. The van der Waals surface area contributed by atoms with Gasteiger partial charge >= 0.3 is 5.97 Å². The first-order valence-corrected chi connectivity index (χ1v) is 11.6. The van der Waals surface area contributed by atoms with Crippen LogP contribution in [-0.4, -0.2) is 68.0 Å². The number of nitrogens with zero attached hydrogens (tertiary/aromatic N) is 1. The molecule has 2 heterocycles. The standard InChI is InChI=1S/C24H34N6O6/c1-15(31)28-20-14-16-8-10-17(11-9-16)36-13-4-3-6-19(23(34)35-2)30-21(32)18(29-22(20)33)7-5-12-27-24(25)26/h3-4,8-11,18-20H,5-7,12-14H2,1-2H3,(H,28,31)(H,29,33)(H,30,32)(H4,25,26,27)/b4-3-/t18-,19+,20+/m1/s1. The molecule has 0 spiro atoms. The highest BCUT2D eigenvalue weighted by atomic mass is 16.5. The molecule has 2 aliphatic heterocycles. The lowest BCUT2D eigenvalue weighted by Gasteiger charge is -2.24. The molecule has 3 rings (SSSR count). The fourth-order valence-electron chi connectivity index (χ4n) is 3.53. The highest BCUT2D eigenvalue weighted by Crippen LogP contribution is 2.14. The van der Waals surface area contributed by atoms with Crippen molar-refractivity contribution in [3.8, 4) is 5.75 Å². The summed E-state index contributed by atoms with van der Waals surface area (Å²) in [4.78, 5) is 54.3. The Labute approximate surface area is 209 Å². The molecule has 3 atom stereocenters. The smallest absolute Gasteiger partial charge is 0.328 e. The number of benzene rings is 1. The van der Waals surface area contributed by atoms with Crippen LogP contribution >= 0.6 is 0 Å². The minimum absolute atomic E-state index is 0.0874. The van der Waals surface area contributed by atoms with Gasteiger partial charge in [-0.1, -0.05) is 24.3 Å². The highest BCUT2D eigenvalue weighted by Gasteiger charge is 2.29. The van der Waals surface area contributed by atoms with E-state index in [1.165, 1.54) is 14.0 Å². The van der Waals surface area contributed by atoms with Gasteiger partial charge in [0.1, 0.15) is 30.5 Å². The quantitative estimate of drug-likeness (QED) is 0.111. The molecular weight excluding hydrogens is 468 g/mol. The molecule has 7 N–H and O–H groups in total. The van der Waals surface area contributed by atoms with Gasteiger partial charge in [-0.25, -0.2) is 4.79 Å². The van der Waals surface area contributed by atoms with Gasteiger partial charge in [0.15, 0.2) is 5.96 Å². The van der Waals surface area contributed by atoms with Gasteiger partial charge in [-0.3, -0.25) is 19.4 Å². The summed E-state index contributed by atoms with van der Waals surface area (Å²) in [7, 11) is 1.22. The van der Waals surface area contributed by atoms with Crippen LogP contribution in [-0.2, 0) is 30.3 Å². The Kier molecular flexibility index (Phi) is 11.2. The monoisotopic (exact) mass is 502 g/mol. The summed E-state index contributed by atoms with van der Waals surface area (Å²) in [6, 6.07) is 4.20. The second-order valence-electron chi connectivity index (χ2n) is 8.21. The fourth-order valence-corrected chi connectivity index (χ4v) is 3.53. The van der Waals surface area contributed by atoms with Crippen LogP contribution < -0.4 is 32.2 Å². The molecule has 2 bridgehead atoms. The minimum Gasteiger partial charge on any atom is -0.490 e. The third-order valence-electron chi connectivity index (χ3n) is 5.32. The van der Waals surface area contributed by atoms with Gasteiger partial charge in [0.25, 0.3) is 0 Å². The number of esters is 1.